The first kappa shape index (κ1) is 10.2. The Hall–Kier alpha value is -0.340. The van der Waals surface area contributed by atoms with Gasteiger partial charge in [-0.1, -0.05) is 25.0 Å². The third kappa shape index (κ3) is 3.10. The Kier molecular flexibility index (Phi) is 4.02. The van der Waals surface area contributed by atoms with Gasteiger partial charge < -0.3 is 10.1 Å². The molecule has 2 atom stereocenters. The second-order valence-electron chi connectivity index (χ2n) is 4.40. The van der Waals surface area contributed by atoms with Gasteiger partial charge >= 0.3 is 0 Å². The Bertz CT molecular complexity index is 185. The van der Waals surface area contributed by atoms with Gasteiger partial charge in [-0.25, -0.2) is 0 Å². The highest BCUT2D eigenvalue weighted by atomic mass is 16.5. The molecule has 2 rings (SSSR count). The van der Waals surface area contributed by atoms with E-state index in [4.69, 9.17) is 4.74 Å². The highest BCUT2D eigenvalue weighted by molar-refractivity contribution is 4.96. The molecule has 2 heteroatoms. The lowest BCUT2D eigenvalue weighted by molar-refractivity contribution is 0.188. The Balaban J connectivity index is 1.78. The standard InChI is InChI=1S/C12H21NO/c1-2-4-6-11(7-5-3-1)13-12-8-9-14-10-12/h4,6,11-13H,1-3,5,7-10H2/b6-4-. The minimum atomic E-state index is 0.599. The fraction of sp³-hybridized carbons (Fsp3) is 0.833. The Morgan fingerprint density at radius 2 is 2.14 bits per heavy atom. The van der Waals surface area contributed by atoms with E-state index in [1.165, 1.54) is 38.5 Å². The molecule has 1 N–H and O–H groups in total. The normalized spacial score (nSPS) is 36.3. The van der Waals surface area contributed by atoms with Crippen LogP contribution in [0.5, 0.6) is 0 Å². The van der Waals surface area contributed by atoms with Gasteiger partial charge in [0.1, 0.15) is 0 Å². The molecule has 0 saturated carbocycles. The van der Waals surface area contributed by atoms with Crippen LogP contribution in [0.3, 0.4) is 0 Å². The van der Waals surface area contributed by atoms with Gasteiger partial charge in [0, 0.05) is 18.7 Å². The predicted octanol–water partition coefficient (Wildman–Crippen LogP) is 2.25. The molecular formula is C12H21NO. The first-order chi connectivity index (χ1) is 6.95. The highest BCUT2D eigenvalue weighted by Gasteiger charge is 2.18. The summed E-state index contributed by atoms with van der Waals surface area (Å²) in [5.74, 6) is 0. The first-order valence-corrected chi connectivity index (χ1v) is 5.95. The second-order valence-corrected chi connectivity index (χ2v) is 4.40. The van der Waals surface area contributed by atoms with Crippen LogP contribution in [0.4, 0.5) is 0 Å². The van der Waals surface area contributed by atoms with Crippen molar-refractivity contribution in [3.8, 4) is 0 Å². The van der Waals surface area contributed by atoms with E-state index in [1.54, 1.807) is 0 Å². The second kappa shape index (κ2) is 5.52. The molecule has 1 aliphatic heterocycles. The van der Waals surface area contributed by atoms with E-state index >= 15 is 0 Å². The van der Waals surface area contributed by atoms with Crippen molar-refractivity contribution in [3.63, 3.8) is 0 Å². The monoisotopic (exact) mass is 195 g/mol. The van der Waals surface area contributed by atoms with Gasteiger partial charge in [-0.3, -0.25) is 0 Å². The van der Waals surface area contributed by atoms with Crippen LogP contribution >= 0.6 is 0 Å². The third-order valence-electron chi connectivity index (χ3n) is 3.13. The van der Waals surface area contributed by atoms with Crippen molar-refractivity contribution in [3.05, 3.63) is 12.2 Å². The minimum absolute atomic E-state index is 0.599. The molecule has 2 nitrogen and oxygen atoms in total. The molecule has 0 bridgehead atoms. The number of ether oxygens (including phenoxy) is 1. The van der Waals surface area contributed by atoms with Crippen LogP contribution in [0.25, 0.3) is 0 Å². The summed E-state index contributed by atoms with van der Waals surface area (Å²) in [4.78, 5) is 0. The fourth-order valence-electron chi connectivity index (χ4n) is 2.27. The highest BCUT2D eigenvalue weighted by Crippen LogP contribution is 2.13. The largest absolute Gasteiger partial charge is 0.380 e. The van der Waals surface area contributed by atoms with E-state index in [9.17, 15) is 0 Å². The van der Waals surface area contributed by atoms with E-state index < -0.39 is 0 Å². The SMILES string of the molecule is C1=C\C(NC2CCOC2)CCCCC/1. The maximum Gasteiger partial charge on any atom is 0.0620 e. The Morgan fingerprint density at radius 1 is 1.14 bits per heavy atom. The molecule has 1 heterocycles. The number of rotatable bonds is 2. The predicted molar refractivity (Wildman–Crippen MR) is 58.4 cm³/mol. The maximum atomic E-state index is 5.37. The number of hydrogen-bond acceptors (Lipinski definition) is 2. The van der Waals surface area contributed by atoms with Gasteiger partial charge in [0.25, 0.3) is 0 Å². The van der Waals surface area contributed by atoms with Crippen molar-refractivity contribution < 1.29 is 4.74 Å². The molecule has 0 aromatic carbocycles. The molecule has 2 aliphatic rings. The summed E-state index contributed by atoms with van der Waals surface area (Å²) in [5.41, 5.74) is 0. The van der Waals surface area contributed by atoms with Crippen LogP contribution in [-0.4, -0.2) is 25.3 Å². The van der Waals surface area contributed by atoms with E-state index in [0.717, 1.165) is 13.2 Å². The zero-order valence-electron chi connectivity index (χ0n) is 8.87. The Labute approximate surface area is 86.7 Å². The third-order valence-corrected chi connectivity index (χ3v) is 3.13. The lowest BCUT2D eigenvalue weighted by atomic mass is 10.0. The van der Waals surface area contributed by atoms with Gasteiger partial charge in [-0.05, 0) is 25.7 Å². The van der Waals surface area contributed by atoms with Crippen molar-refractivity contribution in [2.24, 2.45) is 0 Å². The molecule has 0 radical (unpaired) electrons. The number of allylic oxidation sites excluding steroid dienone is 1. The van der Waals surface area contributed by atoms with Gasteiger partial charge in [0.05, 0.1) is 6.61 Å². The van der Waals surface area contributed by atoms with Crippen molar-refractivity contribution in [1.82, 2.24) is 5.32 Å². The lowest BCUT2D eigenvalue weighted by Crippen LogP contribution is -2.37. The van der Waals surface area contributed by atoms with E-state index in [2.05, 4.69) is 17.5 Å². The summed E-state index contributed by atoms with van der Waals surface area (Å²) < 4.78 is 5.37. The molecule has 1 aliphatic carbocycles. The Morgan fingerprint density at radius 3 is 3.00 bits per heavy atom. The summed E-state index contributed by atoms with van der Waals surface area (Å²) >= 11 is 0. The molecule has 0 aromatic rings. The van der Waals surface area contributed by atoms with Crippen molar-refractivity contribution in [2.75, 3.05) is 13.2 Å². The summed E-state index contributed by atoms with van der Waals surface area (Å²) in [5, 5.41) is 3.67. The molecule has 80 valence electrons. The molecule has 0 amide bonds. The van der Waals surface area contributed by atoms with E-state index in [0.29, 0.717) is 12.1 Å². The maximum absolute atomic E-state index is 5.37. The van der Waals surface area contributed by atoms with E-state index in [1.807, 2.05) is 0 Å². The summed E-state index contributed by atoms with van der Waals surface area (Å²) in [6.07, 6.45) is 12.6. The van der Waals surface area contributed by atoms with Gasteiger partial charge in [-0.15, -0.1) is 0 Å². The summed E-state index contributed by atoms with van der Waals surface area (Å²) in [6, 6.07) is 1.20. The van der Waals surface area contributed by atoms with Crippen molar-refractivity contribution in [2.45, 2.75) is 50.6 Å². The summed E-state index contributed by atoms with van der Waals surface area (Å²) in [6.45, 7) is 1.85. The zero-order valence-corrected chi connectivity index (χ0v) is 8.87. The molecule has 0 aromatic heterocycles. The average molecular weight is 195 g/mol. The number of nitrogens with one attached hydrogen (secondary N) is 1. The van der Waals surface area contributed by atoms with Crippen molar-refractivity contribution in [1.29, 1.82) is 0 Å². The van der Waals surface area contributed by atoms with Gasteiger partial charge in [0.2, 0.25) is 0 Å². The van der Waals surface area contributed by atoms with Crippen LogP contribution in [-0.2, 0) is 4.74 Å². The molecule has 14 heavy (non-hydrogen) atoms. The fourth-order valence-corrected chi connectivity index (χ4v) is 2.27. The summed E-state index contributed by atoms with van der Waals surface area (Å²) in [7, 11) is 0. The van der Waals surface area contributed by atoms with Crippen LogP contribution in [0.1, 0.15) is 38.5 Å². The van der Waals surface area contributed by atoms with Crippen LogP contribution in [0, 0.1) is 0 Å². The number of hydrogen-bond donors (Lipinski definition) is 1. The topological polar surface area (TPSA) is 21.3 Å². The molecule has 0 spiro atoms. The molecular weight excluding hydrogens is 174 g/mol. The van der Waals surface area contributed by atoms with Crippen LogP contribution < -0.4 is 5.32 Å². The van der Waals surface area contributed by atoms with E-state index in [-0.39, 0.29) is 0 Å². The molecule has 1 saturated heterocycles. The molecule has 2 unspecified atom stereocenters. The zero-order chi connectivity index (χ0) is 9.64. The first-order valence-electron chi connectivity index (χ1n) is 5.95. The van der Waals surface area contributed by atoms with Crippen molar-refractivity contribution >= 4 is 0 Å². The average Bonchev–Trinajstić information content (AvgIpc) is 2.62. The van der Waals surface area contributed by atoms with Gasteiger partial charge in [0.15, 0.2) is 0 Å². The smallest absolute Gasteiger partial charge is 0.0620 e. The van der Waals surface area contributed by atoms with Gasteiger partial charge in [-0.2, -0.15) is 0 Å². The lowest BCUT2D eigenvalue weighted by Gasteiger charge is -2.20. The molecule has 1 fully saturated rings. The van der Waals surface area contributed by atoms with Crippen LogP contribution in [0.15, 0.2) is 12.2 Å². The quantitative estimate of drug-likeness (QED) is 0.682. The van der Waals surface area contributed by atoms with Crippen LogP contribution in [0.2, 0.25) is 0 Å². The minimum Gasteiger partial charge on any atom is -0.380 e.